The van der Waals surface area contributed by atoms with Crippen LogP contribution in [-0.4, -0.2) is 26.2 Å². The highest BCUT2D eigenvalue weighted by Gasteiger charge is 2.27. The summed E-state index contributed by atoms with van der Waals surface area (Å²) >= 11 is 0. The molecular weight excluding hydrogens is 306 g/mol. The van der Waals surface area contributed by atoms with E-state index in [-0.39, 0.29) is 0 Å². The Bertz CT molecular complexity index is 814. The zero-order chi connectivity index (χ0) is 17.3. The lowest BCUT2D eigenvalue weighted by Crippen LogP contribution is -2.15. The molecule has 0 saturated heterocycles. The SMILES string of the molecule is COC(=O)c1ccc2c(c1)Cc1cc(C(=O)OC)ccc1C2C#N. The van der Waals surface area contributed by atoms with Crippen LogP contribution in [0.1, 0.15) is 48.9 Å². The number of esters is 2. The van der Waals surface area contributed by atoms with Crippen molar-refractivity contribution in [1.82, 2.24) is 0 Å². The monoisotopic (exact) mass is 321 g/mol. The Morgan fingerprint density at radius 2 is 1.42 bits per heavy atom. The summed E-state index contributed by atoms with van der Waals surface area (Å²) in [7, 11) is 2.66. The fourth-order valence-corrected chi connectivity index (χ4v) is 3.08. The molecule has 0 saturated carbocycles. The van der Waals surface area contributed by atoms with Gasteiger partial charge in [-0.05, 0) is 52.9 Å². The molecule has 0 bridgehead atoms. The average Bonchev–Trinajstić information content (AvgIpc) is 2.63. The maximum Gasteiger partial charge on any atom is 0.337 e. The van der Waals surface area contributed by atoms with Crippen molar-refractivity contribution < 1.29 is 19.1 Å². The zero-order valence-corrected chi connectivity index (χ0v) is 13.3. The zero-order valence-electron chi connectivity index (χ0n) is 13.3. The van der Waals surface area contributed by atoms with E-state index in [0.29, 0.717) is 17.5 Å². The van der Waals surface area contributed by atoms with Gasteiger partial charge in [0.25, 0.3) is 0 Å². The van der Waals surface area contributed by atoms with Crippen molar-refractivity contribution in [3.8, 4) is 6.07 Å². The first-order valence-electron chi connectivity index (χ1n) is 7.41. The summed E-state index contributed by atoms with van der Waals surface area (Å²) in [5.41, 5.74) is 4.42. The van der Waals surface area contributed by atoms with Crippen LogP contribution >= 0.6 is 0 Å². The molecule has 2 aromatic rings. The van der Waals surface area contributed by atoms with Crippen LogP contribution in [0.5, 0.6) is 0 Å². The van der Waals surface area contributed by atoms with Crippen molar-refractivity contribution in [2.75, 3.05) is 14.2 Å². The maximum absolute atomic E-state index is 11.7. The number of nitriles is 1. The fourth-order valence-electron chi connectivity index (χ4n) is 3.08. The van der Waals surface area contributed by atoms with Crippen LogP contribution in [0.2, 0.25) is 0 Å². The van der Waals surface area contributed by atoms with Gasteiger partial charge in [-0.25, -0.2) is 9.59 Å². The molecule has 3 rings (SSSR count). The molecule has 2 aromatic carbocycles. The van der Waals surface area contributed by atoms with E-state index in [1.807, 2.05) is 0 Å². The van der Waals surface area contributed by atoms with Crippen LogP contribution in [0.15, 0.2) is 36.4 Å². The lowest BCUT2D eigenvalue weighted by atomic mass is 9.78. The Balaban J connectivity index is 2.09. The van der Waals surface area contributed by atoms with Crippen LogP contribution in [-0.2, 0) is 15.9 Å². The van der Waals surface area contributed by atoms with Gasteiger partial charge in [-0.3, -0.25) is 0 Å². The van der Waals surface area contributed by atoms with Gasteiger partial charge in [0.1, 0.15) is 0 Å². The van der Waals surface area contributed by atoms with Gasteiger partial charge in [-0.2, -0.15) is 5.26 Å². The topological polar surface area (TPSA) is 76.4 Å². The molecule has 0 spiro atoms. The Morgan fingerprint density at radius 1 is 0.958 bits per heavy atom. The number of rotatable bonds is 2. The third-order valence-electron chi connectivity index (χ3n) is 4.26. The molecule has 1 aliphatic rings. The Hall–Kier alpha value is -3.13. The smallest absolute Gasteiger partial charge is 0.337 e. The molecule has 0 heterocycles. The Morgan fingerprint density at radius 3 is 1.79 bits per heavy atom. The highest BCUT2D eigenvalue weighted by Crippen LogP contribution is 2.37. The van der Waals surface area contributed by atoms with Crippen LogP contribution in [0.4, 0.5) is 0 Å². The molecule has 5 nitrogen and oxygen atoms in total. The summed E-state index contributed by atoms with van der Waals surface area (Å²) in [6.45, 7) is 0. The maximum atomic E-state index is 11.7. The molecule has 5 heteroatoms. The van der Waals surface area contributed by atoms with Gasteiger partial charge in [0.15, 0.2) is 0 Å². The Kier molecular flexibility index (Phi) is 4.05. The molecule has 0 radical (unpaired) electrons. The van der Waals surface area contributed by atoms with Crippen molar-refractivity contribution in [1.29, 1.82) is 5.26 Å². The molecule has 0 atom stereocenters. The van der Waals surface area contributed by atoms with Crippen molar-refractivity contribution in [3.05, 3.63) is 69.8 Å². The van der Waals surface area contributed by atoms with E-state index in [1.54, 1.807) is 36.4 Å². The lowest BCUT2D eigenvalue weighted by Gasteiger charge is -2.25. The van der Waals surface area contributed by atoms with Crippen LogP contribution in [0.25, 0.3) is 0 Å². The first kappa shape index (κ1) is 15.8. The van der Waals surface area contributed by atoms with Crippen LogP contribution in [0, 0.1) is 11.3 Å². The first-order chi connectivity index (χ1) is 11.6. The largest absolute Gasteiger partial charge is 0.465 e. The summed E-state index contributed by atoms with van der Waals surface area (Å²) in [6, 6.07) is 12.7. The van der Waals surface area contributed by atoms with Crippen molar-refractivity contribution in [2.24, 2.45) is 0 Å². The summed E-state index contributed by atoms with van der Waals surface area (Å²) in [4.78, 5) is 23.5. The molecule has 0 N–H and O–H groups in total. The van der Waals surface area contributed by atoms with E-state index in [1.165, 1.54) is 14.2 Å². The highest BCUT2D eigenvalue weighted by atomic mass is 16.5. The summed E-state index contributed by atoms with van der Waals surface area (Å²) in [5, 5.41) is 9.60. The molecule has 120 valence electrons. The minimum atomic E-state index is -0.429. The number of carbonyl (C=O) groups is 2. The first-order valence-corrected chi connectivity index (χ1v) is 7.41. The van der Waals surface area contributed by atoms with Gasteiger partial charge >= 0.3 is 11.9 Å². The number of benzene rings is 2. The third kappa shape index (κ3) is 2.52. The van der Waals surface area contributed by atoms with Crippen molar-refractivity contribution in [2.45, 2.75) is 12.3 Å². The minimum Gasteiger partial charge on any atom is -0.465 e. The lowest BCUT2D eigenvalue weighted by molar-refractivity contribution is 0.0592. The summed E-state index contributed by atoms with van der Waals surface area (Å²) in [5.74, 6) is -1.26. The van der Waals surface area contributed by atoms with Crippen molar-refractivity contribution in [3.63, 3.8) is 0 Å². The molecule has 0 amide bonds. The molecule has 0 unspecified atom stereocenters. The fraction of sp³-hybridized carbons (Fsp3) is 0.211. The predicted molar refractivity (Wildman–Crippen MR) is 85.8 cm³/mol. The number of fused-ring (bicyclic) bond motifs is 2. The molecular formula is C19H15NO4. The second kappa shape index (κ2) is 6.17. The second-order valence-corrected chi connectivity index (χ2v) is 5.55. The molecule has 0 aliphatic heterocycles. The minimum absolute atomic E-state index is 0.416. The van der Waals surface area contributed by atoms with E-state index >= 15 is 0 Å². The molecule has 0 fully saturated rings. The summed E-state index contributed by atoms with van der Waals surface area (Å²) in [6.07, 6.45) is 0.540. The normalized spacial score (nSPS) is 12.5. The van der Waals surface area contributed by atoms with E-state index in [2.05, 4.69) is 6.07 Å². The van der Waals surface area contributed by atoms with Gasteiger partial charge in [0.2, 0.25) is 0 Å². The number of ether oxygens (including phenoxy) is 2. The number of carbonyl (C=O) groups excluding carboxylic acids is 2. The number of hydrogen-bond donors (Lipinski definition) is 0. The van der Waals surface area contributed by atoms with E-state index < -0.39 is 17.9 Å². The van der Waals surface area contributed by atoms with E-state index in [9.17, 15) is 14.9 Å². The standard InChI is InChI=1S/C19H15NO4/c1-23-18(21)11-3-5-15-13(7-11)9-14-8-12(19(22)24-2)4-6-16(14)17(15)10-20/h3-8,17H,9H2,1-2H3. The number of nitrogens with zero attached hydrogens (tertiary/aromatic N) is 1. The van der Waals surface area contributed by atoms with Gasteiger partial charge in [-0.15, -0.1) is 0 Å². The average molecular weight is 321 g/mol. The van der Waals surface area contributed by atoms with E-state index in [4.69, 9.17) is 9.47 Å². The van der Waals surface area contributed by atoms with Gasteiger partial charge in [0, 0.05) is 0 Å². The van der Waals surface area contributed by atoms with Gasteiger partial charge in [0.05, 0.1) is 37.3 Å². The molecule has 1 aliphatic carbocycles. The van der Waals surface area contributed by atoms with Crippen LogP contribution in [0.3, 0.4) is 0 Å². The second-order valence-electron chi connectivity index (χ2n) is 5.55. The van der Waals surface area contributed by atoms with Gasteiger partial charge < -0.3 is 9.47 Å². The predicted octanol–water partition coefficient (Wildman–Crippen LogP) is 2.82. The summed E-state index contributed by atoms with van der Waals surface area (Å²) < 4.78 is 9.50. The van der Waals surface area contributed by atoms with Crippen LogP contribution < -0.4 is 0 Å². The van der Waals surface area contributed by atoms with Gasteiger partial charge in [-0.1, -0.05) is 12.1 Å². The number of methoxy groups -OCH3 is 2. The molecule has 24 heavy (non-hydrogen) atoms. The quantitative estimate of drug-likeness (QED) is 0.795. The number of hydrogen-bond acceptors (Lipinski definition) is 5. The van der Waals surface area contributed by atoms with Crippen molar-refractivity contribution >= 4 is 11.9 Å². The Labute approximate surface area is 139 Å². The highest BCUT2D eigenvalue weighted by molar-refractivity contribution is 5.90. The molecule has 0 aromatic heterocycles. The third-order valence-corrected chi connectivity index (χ3v) is 4.26. The van der Waals surface area contributed by atoms with E-state index in [0.717, 1.165) is 22.3 Å².